The van der Waals surface area contributed by atoms with E-state index in [0.29, 0.717) is 12.1 Å². The summed E-state index contributed by atoms with van der Waals surface area (Å²) in [6.07, 6.45) is 2.41. The van der Waals surface area contributed by atoms with Gasteiger partial charge in [0.25, 0.3) is 0 Å². The molecule has 2 aromatic heterocycles. The fraction of sp³-hybridized carbons (Fsp3) is 0.154. The number of benzene rings is 1. The number of rotatable bonds is 2. The van der Waals surface area contributed by atoms with E-state index >= 15 is 0 Å². The predicted molar refractivity (Wildman–Crippen MR) is 69.5 cm³/mol. The molecule has 0 aliphatic carbocycles. The number of imidazole rings is 1. The lowest BCUT2D eigenvalue weighted by molar-refractivity contribution is 0.920. The summed E-state index contributed by atoms with van der Waals surface area (Å²) < 4.78 is 1.49. The van der Waals surface area contributed by atoms with Crippen molar-refractivity contribution < 1.29 is 0 Å². The predicted octanol–water partition coefficient (Wildman–Crippen LogP) is 1.44. The molecular formula is C13H13N5. The summed E-state index contributed by atoms with van der Waals surface area (Å²) in [7, 11) is 0. The smallest absolute Gasteiger partial charge is 0.182 e. The van der Waals surface area contributed by atoms with Crippen LogP contribution in [0.3, 0.4) is 0 Å². The summed E-state index contributed by atoms with van der Waals surface area (Å²) in [5.41, 5.74) is 2.58. The molecular weight excluding hydrogens is 226 g/mol. The van der Waals surface area contributed by atoms with Crippen molar-refractivity contribution in [1.29, 1.82) is 0 Å². The van der Waals surface area contributed by atoms with Crippen LogP contribution < -0.4 is 5.84 Å². The van der Waals surface area contributed by atoms with Gasteiger partial charge >= 0.3 is 0 Å². The highest BCUT2D eigenvalue weighted by Gasteiger charge is 2.08. The number of aryl methyl sites for hydroxylation is 1. The molecule has 1 aromatic carbocycles. The summed E-state index contributed by atoms with van der Waals surface area (Å²) in [6.45, 7) is 1.85. The number of fused-ring (bicyclic) bond motifs is 1. The van der Waals surface area contributed by atoms with Crippen LogP contribution in [0, 0.1) is 6.92 Å². The molecule has 0 saturated heterocycles. The molecule has 0 unspecified atom stereocenters. The Morgan fingerprint density at radius 2 is 1.94 bits per heavy atom. The van der Waals surface area contributed by atoms with Gasteiger partial charge in [-0.15, -0.1) is 0 Å². The Morgan fingerprint density at radius 3 is 2.72 bits per heavy atom. The van der Waals surface area contributed by atoms with Crippen molar-refractivity contribution in [2.24, 2.45) is 0 Å². The summed E-state index contributed by atoms with van der Waals surface area (Å²) >= 11 is 0. The Labute approximate surface area is 104 Å². The highest BCUT2D eigenvalue weighted by atomic mass is 15.3. The molecule has 2 heterocycles. The first-order valence-corrected chi connectivity index (χ1v) is 5.74. The maximum atomic E-state index is 5.86. The Balaban J connectivity index is 2.01. The van der Waals surface area contributed by atoms with Gasteiger partial charge in [0, 0.05) is 6.42 Å². The summed E-state index contributed by atoms with van der Waals surface area (Å²) in [6, 6.07) is 10.1. The zero-order chi connectivity index (χ0) is 12.5. The van der Waals surface area contributed by atoms with Gasteiger partial charge in [0.05, 0.1) is 6.20 Å². The maximum Gasteiger partial charge on any atom is 0.182 e. The van der Waals surface area contributed by atoms with E-state index < -0.39 is 0 Å². The van der Waals surface area contributed by atoms with Crippen molar-refractivity contribution in [3.63, 3.8) is 0 Å². The first-order valence-electron chi connectivity index (χ1n) is 5.74. The van der Waals surface area contributed by atoms with Crippen LogP contribution in [0.1, 0.15) is 17.2 Å². The Bertz CT molecular complexity index is 687. The molecule has 0 fully saturated rings. The quantitative estimate of drug-likeness (QED) is 0.687. The van der Waals surface area contributed by atoms with E-state index in [1.165, 1.54) is 10.2 Å². The summed E-state index contributed by atoms with van der Waals surface area (Å²) in [4.78, 5) is 13.0. The van der Waals surface area contributed by atoms with Crippen LogP contribution in [0.25, 0.3) is 11.2 Å². The van der Waals surface area contributed by atoms with Gasteiger partial charge in [0.1, 0.15) is 17.2 Å². The third-order valence-corrected chi connectivity index (χ3v) is 2.86. The van der Waals surface area contributed by atoms with E-state index in [4.69, 9.17) is 5.84 Å². The second-order valence-corrected chi connectivity index (χ2v) is 4.19. The van der Waals surface area contributed by atoms with E-state index in [0.717, 1.165) is 17.2 Å². The molecule has 18 heavy (non-hydrogen) atoms. The van der Waals surface area contributed by atoms with Gasteiger partial charge in [-0.1, -0.05) is 30.3 Å². The third-order valence-electron chi connectivity index (χ3n) is 2.86. The Hall–Kier alpha value is -2.43. The van der Waals surface area contributed by atoms with Crippen LogP contribution in [0.4, 0.5) is 0 Å². The van der Waals surface area contributed by atoms with E-state index in [-0.39, 0.29) is 0 Å². The number of nitrogens with zero attached hydrogens (tertiary/aromatic N) is 4. The molecule has 0 spiro atoms. The van der Waals surface area contributed by atoms with Crippen LogP contribution >= 0.6 is 0 Å². The lowest BCUT2D eigenvalue weighted by atomic mass is 10.1. The largest absolute Gasteiger partial charge is 0.336 e. The number of aromatic nitrogens is 4. The molecule has 0 aliphatic heterocycles. The van der Waals surface area contributed by atoms with Crippen molar-refractivity contribution in [3.05, 3.63) is 53.7 Å². The fourth-order valence-electron chi connectivity index (χ4n) is 1.90. The summed E-state index contributed by atoms with van der Waals surface area (Å²) in [5.74, 6) is 7.35. The number of nitrogen functional groups attached to an aromatic ring is 1. The SMILES string of the molecule is Cc1nc2cnc(Cc3ccccc3)nc2n1N. The molecule has 90 valence electrons. The van der Waals surface area contributed by atoms with Gasteiger partial charge in [-0.2, -0.15) is 0 Å². The van der Waals surface area contributed by atoms with Gasteiger partial charge in [-0.25, -0.2) is 19.6 Å². The van der Waals surface area contributed by atoms with Crippen LogP contribution in [-0.2, 0) is 6.42 Å². The normalized spacial score (nSPS) is 10.9. The molecule has 5 nitrogen and oxygen atoms in total. The molecule has 3 rings (SSSR count). The van der Waals surface area contributed by atoms with Gasteiger partial charge in [-0.05, 0) is 12.5 Å². The molecule has 3 aromatic rings. The minimum atomic E-state index is 0.674. The second kappa shape index (κ2) is 4.10. The van der Waals surface area contributed by atoms with Crippen LogP contribution in [0.5, 0.6) is 0 Å². The first kappa shape index (κ1) is 10.7. The molecule has 0 saturated carbocycles. The average molecular weight is 239 g/mol. The van der Waals surface area contributed by atoms with E-state index in [9.17, 15) is 0 Å². The molecule has 0 bridgehead atoms. The van der Waals surface area contributed by atoms with E-state index in [1.54, 1.807) is 6.20 Å². The molecule has 0 atom stereocenters. The van der Waals surface area contributed by atoms with Crippen LogP contribution in [0.15, 0.2) is 36.5 Å². The zero-order valence-electron chi connectivity index (χ0n) is 10.0. The topological polar surface area (TPSA) is 69.6 Å². The third kappa shape index (κ3) is 1.79. The average Bonchev–Trinajstić information content (AvgIpc) is 2.67. The standard InChI is InChI=1S/C13H13N5/c1-9-16-11-8-15-12(17-13(11)18(9)14)7-10-5-3-2-4-6-10/h2-6,8H,7,14H2,1H3. The number of hydrogen-bond donors (Lipinski definition) is 1. The molecule has 0 radical (unpaired) electrons. The highest BCUT2D eigenvalue weighted by Crippen LogP contribution is 2.11. The second-order valence-electron chi connectivity index (χ2n) is 4.19. The molecule has 0 aliphatic rings. The van der Waals surface area contributed by atoms with E-state index in [1.807, 2.05) is 25.1 Å². The molecule has 0 amide bonds. The van der Waals surface area contributed by atoms with Crippen molar-refractivity contribution in [2.75, 3.05) is 5.84 Å². The number of nitrogens with two attached hydrogens (primary N) is 1. The highest BCUT2D eigenvalue weighted by molar-refractivity contribution is 5.70. The monoisotopic (exact) mass is 239 g/mol. The summed E-state index contributed by atoms with van der Waals surface area (Å²) in [5, 5.41) is 0. The van der Waals surface area contributed by atoms with E-state index in [2.05, 4.69) is 27.1 Å². The maximum absolute atomic E-state index is 5.86. The lowest BCUT2D eigenvalue weighted by Crippen LogP contribution is -2.11. The van der Waals surface area contributed by atoms with Crippen LogP contribution in [0.2, 0.25) is 0 Å². The van der Waals surface area contributed by atoms with Crippen molar-refractivity contribution in [1.82, 2.24) is 19.6 Å². The minimum absolute atomic E-state index is 0.674. The molecule has 5 heteroatoms. The van der Waals surface area contributed by atoms with Crippen LogP contribution in [-0.4, -0.2) is 19.6 Å². The van der Waals surface area contributed by atoms with Crippen molar-refractivity contribution in [2.45, 2.75) is 13.3 Å². The Morgan fingerprint density at radius 1 is 1.17 bits per heavy atom. The molecule has 2 N–H and O–H groups in total. The van der Waals surface area contributed by atoms with Gasteiger partial charge in [-0.3, -0.25) is 0 Å². The lowest BCUT2D eigenvalue weighted by Gasteiger charge is -2.01. The fourth-order valence-corrected chi connectivity index (χ4v) is 1.90. The first-order chi connectivity index (χ1) is 8.74. The van der Waals surface area contributed by atoms with Crippen molar-refractivity contribution in [3.8, 4) is 0 Å². The minimum Gasteiger partial charge on any atom is -0.336 e. The van der Waals surface area contributed by atoms with Gasteiger partial charge < -0.3 is 5.84 Å². The van der Waals surface area contributed by atoms with Gasteiger partial charge in [0.2, 0.25) is 0 Å². The number of hydrogen-bond acceptors (Lipinski definition) is 4. The zero-order valence-corrected chi connectivity index (χ0v) is 10.0. The Kier molecular flexibility index (Phi) is 2.44. The van der Waals surface area contributed by atoms with Gasteiger partial charge in [0.15, 0.2) is 5.65 Å². The van der Waals surface area contributed by atoms with Crippen molar-refractivity contribution >= 4 is 11.2 Å².